The highest BCUT2D eigenvalue weighted by Crippen LogP contribution is 2.29. The smallest absolute Gasteiger partial charge is 0.227 e. The van der Waals surface area contributed by atoms with Crippen LogP contribution < -0.4 is 15.8 Å². The summed E-state index contributed by atoms with van der Waals surface area (Å²) in [6.07, 6.45) is 1.33. The molecule has 0 aromatic heterocycles. The minimum atomic E-state index is -0.575. The molecule has 22 heavy (non-hydrogen) atoms. The van der Waals surface area contributed by atoms with Crippen molar-refractivity contribution in [1.82, 2.24) is 5.32 Å². The summed E-state index contributed by atoms with van der Waals surface area (Å²) in [6.45, 7) is 5.99. The van der Waals surface area contributed by atoms with Crippen molar-refractivity contribution in [2.45, 2.75) is 39.7 Å². The lowest BCUT2D eigenvalue weighted by molar-refractivity contribution is -0.131. The van der Waals surface area contributed by atoms with Gasteiger partial charge in [-0.15, -0.1) is 12.4 Å². The summed E-state index contributed by atoms with van der Waals surface area (Å²) in [4.78, 5) is 12.5. The molecule has 1 aromatic carbocycles. The minimum absolute atomic E-state index is 0. The maximum Gasteiger partial charge on any atom is 0.227 e. The maximum atomic E-state index is 13.4. The first-order valence-corrected chi connectivity index (χ1v) is 7.28. The fourth-order valence-corrected chi connectivity index (χ4v) is 2.42. The Morgan fingerprint density at radius 1 is 1.41 bits per heavy atom. The fraction of sp³-hybridized carbons (Fsp3) is 0.562. The Morgan fingerprint density at radius 3 is 2.45 bits per heavy atom. The number of amides is 1. The molecule has 1 aromatic rings. The molecule has 0 heterocycles. The number of methoxy groups -OCH3 is 1. The molecule has 0 aliphatic heterocycles. The van der Waals surface area contributed by atoms with Crippen molar-refractivity contribution >= 4 is 18.3 Å². The number of carbonyl (C=O) groups excluding carboxylic acids is 1. The zero-order valence-electron chi connectivity index (χ0n) is 13.6. The molecule has 1 amide bonds. The van der Waals surface area contributed by atoms with Crippen LogP contribution in [0.25, 0.3) is 0 Å². The molecule has 4 nitrogen and oxygen atoms in total. The molecule has 1 unspecified atom stereocenters. The predicted octanol–water partition coefficient (Wildman–Crippen LogP) is 3.20. The number of hydrogen-bond donors (Lipinski definition) is 2. The van der Waals surface area contributed by atoms with Crippen LogP contribution in [-0.4, -0.2) is 19.6 Å². The molecule has 0 aliphatic rings. The lowest BCUT2D eigenvalue weighted by Gasteiger charge is -2.30. The maximum absolute atomic E-state index is 13.4. The van der Waals surface area contributed by atoms with Crippen LogP contribution in [0.2, 0.25) is 0 Å². The van der Waals surface area contributed by atoms with E-state index >= 15 is 0 Å². The van der Waals surface area contributed by atoms with Gasteiger partial charge in [0.05, 0.1) is 18.6 Å². The largest absolute Gasteiger partial charge is 0.496 e. The minimum Gasteiger partial charge on any atom is -0.496 e. The Hall–Kier alpha value is -1.33. The van der Waals surface area contributed by atoms with Gasteiger partial charge in [-0.2, -0.15) is 0 Å². The van der Waals surface area contributed by atoms with Crippen molar-refractivity contribution in [3.05, 3.63) is 29.6 Å². The molecule has 0 saturated carbocycles. The number of hydrogen-bond acceptors (Lipinski definition) is 3. The lowest BCUT2D eigenvalue weighted by Crippen LogP contribution is -2.46. The van der Waals surface area contributed by atoms with E-state index in [-0.39, 0.29) is 30.2 Å². The van der Waals surface area contributed by atoms with E-state index in [0.29, 0.717) is 30.7 Å². The molecular weight excluding hydrogens is 307 g/mol. The van der Waals surface area contributed by atoms with Gasteiger partial charge in [0.25, 0.3) is 0 Å². The Bertz CT molecular complexity index is 485. The average Bonchev–Trinajstić information content (AvgIpc) is 2.49. The predicted molar refractivity (Wildman–Crippen MR) is 88.8 cm³/mol. The summed E-state index contributed by atoms with van der Waals surface area (Å²) in [5.41, 5.74) is 5.82. The lowest BCUT2D eigenvalue weighted by atomic mass is 9.81. The van der Waals surface area contributed by atoms with E-state index in [1.807, 2.05) is 20.8 Å². The number of benzene rings is 1. The van der Waals surface area contributed by atoms with Gasteiger partial charge in [0, 0.05) is 12.1 Å². The first kappa shape index (κ1) is 20.7. The van der Waals surface area contributed by atoms with Gasteiger partial charge >= 0.3 is 0 Å². The molecule has 1 rings (SSSR count). The van der Waals surface area contributed by atoms with Gasteiger partial charge < -0.3 is 15.8 Å². The van der Waals surface area contributed by atoms with E-state index in [1.165, 1.54) is 19.2 Å². The number of nitrogens with two attached hydrogens (primary N) is 1. The first-order valence-electron chi connectivity index (χ1n) is 7.28. The fourth-order valence-electron chi connectivity index (χ4n) is 2.42. The quantitative estimate of drug-likeness (QED) is 0.806. The molecule has 0 fully saturated rings. The molecule has 0 radical (unpaired) electrons. The van der Waals surface area contributed by atoms with Crippen LogP contribution in [0, 0.1) is 11.2 Å². The van der Waals surface area contributed by atoms with Crippen molar-refractivity contribution in [3.63, 3.8) is 0 Å². The summed E-state index contributed by atoms with van der Waals surface area (Å²) >= 11 is 0. The van der Waals surface area contributed by atoms with Crippen LogP contribution in [0.15, 0.2) is 18.2 Å². The van der Waals surface area contributed by atoms with Crippen LogP contribution in [0.3, 0.4) is 0 Å². The molecule has 0 saturated heterocycles. The summed E-state index contributed by atoms with van der Waals surface area (Å²) in [5, 5.41) is 2.93. The molecular formula is C16H26ClFN2O2. The van der Waals surface area contributed by atoms with E-state index in [0.717, 1.165) is 0 Å². The number of carbonyl (C=O) groups is 1. The van der Waals surface area contributed by atoms with Crippen molar-refractivity contribution in [2.75, 3.05) is 13.7 Å². The third kappa shape index (κ3) is 4.34. The topological polar surface area (TPSA) is 64.4 Å². The van der Waals surface area contributed by atoms with Crippen LogP contribution in [0.5, 0.6) is 5.75 Å². The highest BCUT2D eigenvalue weighted by Gasteiger charge is 2.34. The molecule has 126 valence electrons. The van der Waals surface area contributed by atoms with Crippen LogP contribution in [-0.2, 0) is 4.79 Å². The van der Waals surface area contributed by atoms with E-state index in [2.05, 4.69) is 5.32 Å². The van der Waals surface area contributed by atoms with Crippen molar-refractivity contribution in [3.8, 4) is 5.75 Å². The summed E-state index contributed by atoms with van der Waals surface area (Å²) < 4.78 is 18.7. The van der Waals surface area contributed by atoms with Crippen molar-refractivity contribution in [2.24, 2.45) is 11.1 Å². The monoisotopic (exact) mass is 332 g/mol. The van der Waals surface area contributed by atoms with Gasteiger partial charge in [0.15, 0.2) is 0 Å². The van der Waals surface area contributed by atoms with Crippen molar-refractivity contribution < 1.29 is 13.9 Å². The van der Waals surface area contributed by atoms with Crippen molar-refractivity contribution in [1.29, 1.82) is 0 Å². The second-order valence-electron chi connectivity index (χ2n) is 5.27. The zero-order chi connectivity index (χ0) is 16.0. The van der Waals surface area contributed by atoms with Crippen LogP contribution >= 0.6 is 12.4 Å². The normalized spacial score (nSPS) is 12.3. The average molecular weight is 333 g/mol. The van der Waals surface area contributed by atoms with Gasteiger partial charge in [-0.3, -0.25) is 4.79 Å². The number of rotatable bonds is 7. The van der Waals surface area contributed by atoms with E-state index in [4.69, 9.17) is 10.5 Å². The number of nitrogens with one attached hydrogen (secondary N) is 1. The van der Waals surface area contributed by atoms with Gasteiger partial charge in [0.1, 0.15) is 11.6 Å². The third-order valence-corrected chi connectivity index (χ3v) is 4.23. The summed E-state index contributed by atoms with van der Waals surface area (Å²) in [6, 6.07) is 3.92. The molecule has 3 N–H and O–H groups in total. The standard InChI is InChI=1S/C16H25FN2O2.ClH/c1-5-16(6-2,10-18)15(20)19-11(3)13-9-12(17)7-8-14(13)21-4;/h7-9,11H,5-6,10,18H2,1-4H3,(H,19,20);1H. The molecule has 0 aliphatic carbocycles. The second kappa shape index (κ2) is 8.96. The SMILES string of the molecule is CCC(CC)(CN)C(=O)NC(C)c1cc(F)ccc1OC.Cl. The molecule has 1 atom stereocenters. The summed E-state index contributed by atoms with van der Waals surface area (Å²) in [7, 11) is 1.52. The Kier molecular flexibility index (Phi) is 8.41. The summed E-state index contributed by atoms with van der Waals surface area (Å²) in [5.74, 6) is 0.0901. The first-order chi connectivity index (χ1) is 9.93. The molecule has 6 heteroatoms. The number of halogens is 2. The van der Waals surface area contributed by atoms with Gasteiger partial charge in [-0.05, 0) is 38.0 Å². The molecule has 0 bridgehead atoms. The highest BCUT2D eigenvalue weighted by atomic mass is 35.5. The zero-order valence-corrected chi connectivity index (χ0v) is 14.4. The highest BCUT2D eigenvalue weighted by molar-refractivity contribution is 5.85. The molecule has 0 spiro atoms. The van der Waals surface area contributed by atoms with E-state index in [1.54, 1.807) is 6.07 Å². The third-order valence-electron chi connectivity index (χ3n) is 4.23. The van der Waals surface area contributed by atoms with Gasteiger partial charge in [-0.1, -0.05) is 13.8 Å². The van der Waals surface area contributed by atoms with Crippen LogP contribution in [0.4, 0.5) is 4.39 Å². The Balaban J connectivity index is 0.00000441. The Labute approximate surface area is 138 Å². The van der Waals surface area contributed by atoms with E-state index < -0.39 is 5.41 Å². The second-order valence-corrected chi connectivity index (χ2v) is 5.27. The van der Waals surface area contributed by atoms with Gasteiger partial charge in [-0.25, -0.2) is 4.39 Å². The number of ether oxygens (including phenoxy) is 1. The van der Waals surface area contributed by atoms with Crippen LogP contribution in [0.1, 0.15) is 45.2 Å². The van der Waals surface area contributed by atoms with E-state index in [9.17, 15) is 9.18 Å². The Morgan fingerprint density at radius 2 is 2.00 bits per heavy atom. The van der Waals surface area contributed by atoms with Gasteiger partial charge in [0.2, 0.25) is 5.91 Å².